The van der Waals surface area contributed by atoms with E-state index in [0.717, 1.165) is 10.6 Å². The number of halogens is 2. The van der Waals surface area contributed by atoms with Crippen molar-refractivity contribution in [2.75, 3.05) is 5.32 Å². The van der Waals surface area contributed by atoms with Crippen molar-refractivity contribution in [1.82, 2.24) is 9.55 Å². The van der Waals surface area contributed by atoms with Crippen LogP contribution in [0.1, 0.15) is 0 Å². The summed E-state index contributed by atoms with van der Waals surface area (Å²) < 4.78 is 27.1. The summed E-state index contributed by atoms with van der Waals surface area (Å²) in [4.78, 5) is 15.1. The minimum Gasteiger partial charge on any atom is -0.304 e. The van der Waals surface area contributed by atoms with Crippen LogP contribution in [0.25, 0.3) is 0 Å². The topological polar surface area (TPSA) is 46.9 Å². The molecule has 0 spiro atoms. The van der Waals surface area contributed by atoms with Gasteiger partial charge in [-0.1, -0.05) is 6.07 Å². The molecule has 0 fully saturated rings. The number of imidazole rings is 1. The lowest BCUT2D eigenvalue weighted by molar-refractivity contribution is 0.253. The summed E-state index contributed by atoms with van der Waals surface area (Å²) in [7, 11) is 0. The maximum absolute atomic E-state index is 13.2. The first kappa shape index (κ1) is 10.3. The molecule has 0 saturated heterocycles. The Bertz CT molecular complexity index is 511. The Morgan fingerprint density at radius 1 is 1.38 bits per heavy atom. The number of carbonyl (C=O) groups excluding carboxylic acids is 1. The molecule has 1 aromatic carbocycles. The molecule has 4 nitrogen and oxygen atoms in total. The van der Waals surface area contributed by atoms with Crippen molar-refractivity contribution in [3.05, 3.63) is 48.6 Å². The number of anilines is 1. The largest absolute Gasteiger partial charge is 0.331 e. The van der Waals surface area contributed by atoms with Crippen LogP contribution in [0.3, 0.4) is 0 Å². The van der Waals surface area contributed by atoms with E-state index in [9.17, 15) is 13.6 Å². The van der Waals surface area contributed by atoms with Crippen molar-refractivity contribution in [2.45, 2.75) is 0 Å². The van der Waals surface area contributed by atoms with Gasteiger partial charge in [0.2, 0.25) is 0 Å². The molecule has 0 aliphatic heterocycles. The summed E-state index contributed by atoms with van der Waals surface area (Å²) in [5.74, 6) is -2.10. The molecule has 0 bridgehead atoms. The van der Waals surface area contributed by atoms with Crippen molar-refractivity contribution in [1.29, 1.82) is 0 Å². The Morgan fingerprint density at radius 2 is 2.19 bits per heavy atom. The number of benzene rings is 1. The molecule has 0 unspecified atom stereocenters. The highest BCUT2D eigenvalue weighted by atomic mass is 19.2. The summed E-state index contributed by atoms with van der Waals surface area (Å²) in [5, 5.41) is 2.22. The van der Waals surface area contributed by atoms with Gasteiger partial charge in [0.25, 0.3) is 0 Å². The van der Waals surface area contributed by atoms with E-state index >= 15 is 0 Å². The van der Waals surface area contributed by atoms with Crippen molar-refractivity contribution in [3.63, 3.8) is 0 Å². The fraction of sp³-hybridized carbons (Fsp3) is 0. The molecular weight excluding hydrogens is 216 g/mol. The second-order valence-corrected chi connectivity index (χ2v) is 3.00. The lowest BCUT2D eigenvalue weighted by Crippen LogP contribution is -2.18. The predicted octanol–water partition coefficient (Wildman–Crippen LogP) is 2.24. The fourth-order valence-corrected chi connectivity index (χ4v) is 1.16. The van der Waals surface area contributed by atoms with Crippen LogP contribution in [0.15, 0.2) is 36.9 Å². The maximum Gasteiger partial charge on any atom is 0.331 e. The molecule has 0 aliphatic rings. The minimum absolute atomic E-state index is 0.210. The molecule has 0 atom stereocenters. The second-order valence-electron chi connectivity index (χ2n) is 3.00. The van der Waals surface area contributed by atoms with Crippen molar-refractivity contribution < 1.29 is 13.6 Å². The molecule has 6 heteroatoms. The summed E-state index contributed by atoms with van der Waals surface area (Å²) in [6, 6.07) is 2.94. The molecule has 16 heavy (non-hydrogen) atoms. The van der Waals surface area contributed by atoms with E-state index in [4.69, 9.17) is 0 Å². The number of carbonyl (C=O) groups is 1. The zero-order valence-electron chi connectivity index (χ0n) is 8.02. The molecule has 1 N–H and O–H groups in total. The van der Waals surface area contributed by atoms with Gasteiger partial charge in [0.1, 0.15) is 6.33 Å². The van der Waals surface area contributed by atoms with Crippen LogP contribution in [-0.4, -0.2) is 15.6 Å². The molecule has 2 rings (SSSR count). The lowest BCUT2D eigenvalue weighted by Gasteiger charge is -2.06. The predicted molar refractivity (Wildman–Crippen MR) is 53.0 cm³/mol. The first-order chi connectivity index (χ1) is 7.68. The first-order valence-corrected chi connectivity index (χ1v) is 4.42. The average Bonchev–Trinajstić information content (AvgIpc) is 2.78. The Morgan fingerprint density at radius 3 is 2.88 bits per heavy atom. The number of nitrogens with one attached hydrogen (secondary N) is 1. The van der Waals surface area contributed by atoms with Crippen LogP contribution in [0.4, 0.5) is 19.3 Å². The standard InChI is InChI=1S/C10H7F2N3O/c11-7-2-1-3-8(9(7)12)14-10(16)15-5-4-13-6-15/h1-6H,(H,14,16). The third-order valence-corrected chi connectivity index (χ3v) is 1.93. The van der Waals surface area contributed by atoms with Gasteiger partial charge in [0.15, 0.2) is 11.6 Å². The molecular formula is C10H7F2N3O. The van der Waals surface area contributed by atoms with E-state index in [-0.39, 0.29) is 5.69 Å². The van der Waals surface area contributed by atoms with Gasteiger partial charge in [-0.2, -0.15) is 0 Å². The van der Waals surface area contributed by atoms with Gasteiger partial charge < -0.3 is 5.32 Å². The van der Waals surface area contributed by atoms with Gasteiger partial charge in [-0.3, -0.25) is 4.57 Å². The zero-order valence-corrected chi connectivity index (χ0v) is 8.02. The van der Waals surface area contributed by atoms with Crippen LogP contribution in [-0.2, 0) is 0 Å². The first-order valence-electron chi connectivity index (χ1n) is 4.42. The van der Waals surface area contributed by atoms with Crippen molar-refractivity contribution in [2.24, 2.45) is 0 Å². The van der Waals surface area contributed by atoms with E-state index in [1.807, 2.05) is 0 Å². The van der Waals surface area contributed by atoms with Crippen LogP contribution >= 0.6 is 0 Å². The van der Waals surface area contributed by atoms with E-state index in [2.05, 4.69) is 10.3 Å². The highest BCUT2D eigenvalue weighted by molar-refractivity contribution is 5.90. The maximum atomic E-state index is 13.2. The summed E-state index contributed by atoms with van der Waals surface area (Å²) >= 11 is 0. The molecule has 82 valence electrons. The minimum atomic E-state index is -1.09. The lowest BCUT2D eigenvalue weighted by atomic mass is 10.3. The third kappa shape index (κ3) is 1.90. The molecule has 1 amide bonds. The molecule has 0 saturated carbocycles. The van der Waals surface area contributed by atoms with E-state index in [1.54, 1.807) is 0 Å². The number of nitrogens with zero attached hydrogens (tertiary/aromatic N) is 2. The summed E-state index contributed by atoms with van der Waals surface area (Å²) in [5.41, 5.74) is -0.210. The molecule has 0 radical (unpaired) electrons. The fourth-order valence-electron chi connectivity index (χ4n) is 1.16. The molecule has 0 aliphatic carbocycles. The molecule has 1 heterocycles. The Kier molecular flexibility index (Phi) is 2.63. The van der Waals surface area contributed by atoms with Gasteiger partial charge in [0, 0.05) is 12.4 Å². The van der Waals surface area contributed by atoms with E-state index in [0.29, 0.717) is 0 Å². The third-order valence-electron chi connectivity index (χ3n) is 1.93. The van der Waals surface area contributed by atoms with E-state index < -0.39 is 17.7 Å². The summed E-state index contributed by atoms with van der Waals surface area (Å²) in [6.07, 6.45) is 4.06. The smallest absolute Gasteiger partial charge is 0.304 e. The average molecular weight is 223 g/mol. The highest BCUT2D eigenvalue weighted by Gasteiger charge is 2.11. The zero-order chi connectivity index (χ0) is 11.5. The van der Waals surface area contributed by atoms with Crippen LogP contribution in [0.5, 0.6) is 0 Å². The highest BCUT2D eigenvalue weighted by Crippen LogP contribution is 2.16. The van der Waals surface area contributed by atoms with Crippen molar-refractivity contribution >= 4 is 11.7 Å². The van der Waals surface area contributed by atoms with Gasteiger partial charge in [-0.25, -0.2) is 18.6 Å². The second kappa shape index (κ2) is 4.09. The monoisotopic (exact) mass is 223 g/mol. The normalized spacial score (nSPS) is 10.1. The van der Waals surface area contributed by atoms with Crippen LogP contribution in [0, 0.1) is 11.6 Å². The number of aromatic nitrogens is 2. The SMILES string of the molecule is O=C(Nc1cccc(F)c1F)n1ccnc1. The van der Waals surface area contributed by atoms with Crippen LogP contribution < -0.4 is 5.32 Å². The molecule has 2 aromatic rings. The Labute approximate surface area is 89.5 Å². The van der Waals surface area contributed by atoms with Gasteiger partial charge in [-0.15, -0.1) is 0 Å². The Hall–Kier alpha value is -2.24. The molecule has 1 aromatic heterocycles. The quantitative estimate of drug-likeness (QED) is 0.805. The number of hydrogen-bond acceptors (Lipinski definition) is 2. The van der Waals surface area contributed by atoms with Crippen molar-refractivity contribution in [3.8, 4) is 0 Å². The number of amides is 1. The number of rotatable bonds is 1. The van der Waals surface area contributed by atoms with E-state index in [1.165, 1.54) is 30.9 Å². The van der Waals surface area contributed by atoms with Crippen LogP contribution in [0.2, 0.25) is 0 Å². The van der Waals surface area contributed by atoms with Gasteiger partial charge in [0.05, 0.1) is 5.69 Å². The van der Waals surface area contributed by atoms with Gasteiger partial charge in [-0.05, 0) is 12.1 Å². The Balaban J connectivity index is 2.22. The number of hydrogen-bond donors (Lipinski definition) is 1. The van der Waals surface area contributed by atoms with Gasteiger partial charge >= 0.3 is 6.03 Å². The summed E-state index contributed by atoms with van der Waals surface area (Å²) in [6.45, 7) is 0.